The molecule has 1 atom stereocenters. The Bertz CT molecular complexity index is 809. The van der Waals surface area contributed by atoms with E-state index in [1.54, 1.807) is 30.1 Å². The monoisotopic (exact) mass is 340 g/mol. The normalized spacial score (nSPS) is 20.2. The molecule has 1 amide bonds. The van der Waals surface area contributed by atoms with Gasteiger partial charge >= 0.3 is 0 Å². The molecule has 0 radical (unpaired) electrons. The molecule has 1 saturated heterocycles. The van der Waals surface area contributed by atoms with Crippen LogP contribution in [0.25, 0.3) is 0 Å². The van der Waals surface area contributed by atoms with Crippen LogP contribution in [-0.4, -0.2) is 40.6 Å². The lowest BCUT2D eigenvalue weighted by atomic mass is 10.1. The van der Waals surface area contributed by atoms with Crippen molar-refractivity contribution in [2.45, 2.75) is 26.3 Å². The third kappa shape index (κ3) is 2.78. The molecular formula is C13H16N4O3S2. The highest BCUT2D eigenvalue weighted by Gasteiger charge is 2.32. The number of hydrogen-bond donors (Lipinski definition) is 1. The minimum Gasteiger partial charge on any atom is -0.298 e. The van der Waals surface area contributed by atoms with Crippen molar-refractivity contribution in [1.82, 2.24) is 14.8 Å². The van der Waals surface area contributed by atoms with Gasteiger partial charge in [0.05, 0.1) is 28.8 Å². The molecule has 1 N–H and O–H groups in total. The van der Waals surface area contributed by atoms with Crippen molar-refractivity contribution >= 4 is 32.2 Å². The van der Waals surface area contributed by atoms with Gasteiger partial charge in [0.2, 0.25) is 0 Å². The third-order valence-electron chi connectivity index (χ3n) is 3.76. The molecule has 0 bridgehead atoms. The topological polar surface area (TPSA) is 94.0 Å². The molecule has 0 aromatic carbocycles. The summed E-state index contributed by atoms with van der Waals surface area (Å²) in [6.07, 6.45) is 2.16. The molecule has 3 heterocycles. The Labute approximate surface area is 132 Å². The molecule has 118 valence electrons. The van der Waals surface area contributed by atoms with Crippen LogP contribution in [0.4, 0.5) is 5.13 Å². The van der Waals surface area contributed by atoms with Gasteiger partial charge in [0.25, 0.3) is 5.91 Å². The van der Waals surface area contributed by atoms with Crippen LogP contribution in [0.2, 0.25) is 0 Å². The van der Waals surface area contributed by atoms with E-state index in [1.165, 1.54) is 11.3 Å². The molecule has 7 nitrogen and oxygen atoms in total. The Morgan fingerprint density at radius 2 is 2.23 bits per heavy atom. The van der Waals surface area contributed by atoms with Gasteiger partial charge in [-0.25, -0.2) is 13.4 Å². The summed E-state index contributed by atoms with van der Waals surface area (Å²) in [4.78, 5) is 16.4. The maximum absolute atomic E-state index is 12.4. The number of aryl methyl sites for hydroxylation is 1. The van der Waals surface area contributed by atoms with Gasteiger partial charge in [-0.1, -0.05) is 0 Å². The highest BCUT2D eigenvalue weighted by Crippen LogP contribution is 2.27. The second kappa shape index (κ2) is 5.47. The number of carbonyl (C=O) groups excluding carboxylic acids is 1. The second-order valence-corrected chi connectivity index (χ2v) is 8.46. The SMILES string of the molecule is Cc1nn(C2CCS(=O)(=O)C2)c(C)c1C(=O)Nc1nccs1. The number of hydrogen-bond acceptors (Lipinski definition) is 6. The lowest BCUT2D eigenvalue weighted by Gasteiger charge is -2.11. The van der Waals surface area contributed by atoms with Crippen LogP contribution in [0.1, 0.15) is 34.2 Å². The van der Waals surface area contributed by atoms with Gasteiger partial charge in [-0.15, -0.1) is 11.3 Å². The number of rotatable bonds is 3. The molecular weight excluding hydrogens is 324 g/mol. The van der Waals surface area contributed by atoms with E-state index in [0.29, 0.717) is 28.5 Å². The summed E-state index contributed by atoms with van der Waals surface area (Å²) in [7, 11) is -2.99. The Balaban J connectivity index is 1.89. The first kappa shape index (κ1) is 15.2. The van der Waals surface area contributed by atoms with Crippen LogP contribution in [-0.2, 0) is 9.84 Å². The molecule has 1 unspecified atom stereocenters. The molecule has 0 aliphatic carbocycles. The van der Waals surface area contributed by atoms with Crippen LogP contribution < -0.4 is 5.32 Å². The molecule has 2 aromatic rings. The van der Waals surface area contributed by atoms with E-state index < -0.39 is 9.84 Å². The third-order valence-corrected chi connectivity index (χ3v) is 6.20. The van der Waals surface area contributed by atoms with Crippen molar-refractivity contribution in [3.05, 3.63) is 28.5 Å². The molecule has 9 heteroatoms. The number of anilines is 1. The fraction of sp³-hybridized carbons (Fsp3) is 0.462. The first-order valence-corrected chi connectivity index (χ1v) is 9.54. The van der Waals surface area contributed by atoms with Crippen molar-refractivity contribution < 1.29 is 13.2 Å². The predicted octanol–water partition coefficient (Wildman–Crippen LogP) is 1.57. The van der Waals surface area contributed by atoms with Crippen molar-refractivity contribution in [2.24, 2.45) is 0 Å². The van der Waals surface area contributed by atoms with Gasteiger partial charge in [-0.3, -0.25) is 14.8 Å². The number of nitrogens with zero attached hydrogens (tertiary/aromatic N) is 3. The zero-order valence-electron chi connectivity index (χ0n) is 12.2. The maximum atomic E-state index is 12.4. The van der Waals surface area contributed by atoms with E-state index in [2.05, 4.69) is 15.4 Å². The number of amides is 1. The van der Waals surface area contributed by atoms with Crippen molar-refractivity contribution in [3.8, 4) is 0 Å². The van der Waals surface area contributed by atoms with Gasteiger partial charge in [-0.2, -0.15) is 5.10 Å². The van der Waals surface area contributed by atoms with Gasteiger partial charge < -0.3 is 0 Å². The number of nitrogens with one attached hydrogen (secondary N) is 1. The summed E-state index contributed by atoms with van der Waals surface area (Å²) in [5.74, 6) is -0.00356. The van der Waals surface area contributed by atoms with Gasteiger partial charge in [-0.05, 0) is 20.3 Å². The standard InChI is InChI=1S/C13H16N4O3S2/c1-8-11(12(18)15-13-14-4-5-21-13)9(2)17(16-8)10-3-6-22(19,20)7-10/h4-5,10H,3,6-7H2,1-2H3,(H,14,15,18). The van der Waals surface area contributed by atoms with E-state index in [1.807, 2.05) is 0 Å². The fourth-order valence-corrected chi connectivity index (χ4v) is 4.98. The van der Waals surface area contributed by atoms with Gasteiger partial charge in [0, 0.05) is 17.3 Å². The molecule has 1 aliphatic rings. The summed E-state index contributed by atoms with van der Waals surface area (Å²) in [5.41, 5.74) is 1.77. The van der Waals surface area contributed by atoms with Crippen LogP contribution in [0, 0.1) is 13.8 Å². The van der Waals surface area contributed by atoms with Crippen LogP contribution in [0.15, 0.2) is 11.6 Å². The van der Waals surface area contributed by atoms with Crippen molar-refractivity contribution in [1.29, 1.82) is 0 Å². The number of sulfone groups is 1. The molecule has 1 fully saturated rings. The minimum atomic E-state index is -2.99. The van der Waals surface area contributed by atoms with Crippen LogP contribution in [0.3, 0.4) is 0 Å². The molecule has 0 saturated carbocycles. The van der Waals surface area contributed by atoms with Gasteiger partial charge in [0.15, 0.2) is 15.0 Å². The summed E-state index contributed by atoms with van der Waals surface area (Å²) in [6, 6.07) is -0.190. The van der Waals surface area contributed by atoms with Crippen molar-refractivity contribution in [2.75, 3.05) is 16.8 Å². The summed E-state index contributed by atoms with van der Waals surface area (Å²) < 4.78 is 24.9. The minimum absolute atomic E-state index is 0.0858. The largest absolute Gasteiger partial charge is 0.298 e. The Kier molecular flexibility index (Phi) is 3.77. The van der Waals surface area contributed by atoms with E-state index in [9.17, 15) is 13.2 Å². The predicted molar refractivity (Wildman–Crippen MR) is 84.1 cm³/mol. The van der Waals surface area contributed by atoms with E-state index in [-0.39, 0.29) is 23.5 Å². The van der Waals surface area contributed by atoms with Crippen LogP contribution >= 0.6 is 11.3 Å². The van der Waals surface area contributed by atoms with Crippen LogP contribution in [0.5, 0.6) is 0 Å². The quantitative estimate of drug-likeness (QED) is 0.915. The average Bonchev–Trinajstić information content (AvgIpc) is 3.10. The molecule has 0 spiro atoms. The smallest absolute Gasteiger partial charge is 0.261 e. The fourth-order valence-electron chi connectivity index (χ4n) is 2.76. The first-order chi connectivity index (χ1) is 10.4. The van der Waals surface area contributed by atoms with E-state index in [0.717, 1.165) is 0 Å². The summed E-state index contributed by atoms with van der Waals surface area (Å²) >= 11 is 1.34. The highest BCUT2D eigenvalue weighted by molar-refractivity contribution is 7.91. The van der Waals surface area contributed by atoms with Crippen molar-refractivity contribution in [3.63, 3.8) is 0 Å². The number of aromatic nitrogens is 3. The Morgan fingerprint density at radius 1 is 1.45 bits per heavy atom. The second-order valence-electron chi connectivity index (χ2n) is 5.34. The molecule has 2 aromatic heterocycles. The Hall–Kier alpha value is -1.74. The van der Waals surface area contributed by atoms with E-state index in [4.69, 9.17) is 0 Å². The zero-order valence-corrected chi connectivity index (χ0v) is 13.9. The summed E-state index contributed by atoms with van der Waals surface area (Å²) in [5, 5.41) is 9.43. The number of thiazole rings is 1. The maximum Gasteiger partial charge on any atom is 0.261 e. The molecule has 1 aliphatic heterocycles. The average molecular weight is 340 g/mol. The highest BCUT2D eigenvalue weighted by atomic mass is 32.2. The zero-order chi connectivity index (χ0) is 15.9. The van der Waals surface area contributed by atoms with Gasteiger partial charge in [0.1, 0.15) is 0 Å². The summed E-state index contributed by atoms with van der Waals surface area (Å²) in [6.45, 7) is 3.55. The number of carbonyl (C=O) groups is 1. The van der Waals surface area contributed by atoms with E-state index >= 15 is 0 Å². The molecule has 22 heavy (non-hydrogen) atoms. The molecule has 3 rings (SSSR count). The first-order valence-electron chi connectivity index (χ1n) is 6.84. The Morgan fingerprint density at radius 3 is 2.82 bits per heavy atom. The lowest BCUT2D eigenvalue weighted by molar-refractivity contribution is 0.102. The lowest BCUT2D eigenvalue weighted by Crippen LogP contribution is -2.16.